The van der Waals surface area contributed by atoms with Gasteiger partial charge in [-0.3, -0.25) is 9.69 Å². The molecule has 3 aromatic rings. The van der Waals surface area contributed by atoms with E-state index in [9.17, 15) is 4.79 Å². The summed E-state index contributed by atoms with van der Waals surface area (Å²) in [5.74, 6) is 1.33. The Morgan fingerprint density at radius 1 is 1.07 bits per heavy atom. The minimum atomic E-state index is 0.0388. The van der Waals surface area contributed by atoms with Crippen LogP contribution in [-0.4, -0.2) is 36.2 Å². The second-order valence-electron chi connectivity index (χ2n) is 6.35. The Bertz CT molecular complexity index is 860. The van der Waals surface area contributed by atoms with Crippen LogP contribution >= 0.6 is 11.8 Å². The minimum Gasteiger partial charge on any atom is -0.468 e. The van der Waals surface area contributed by atoms with Gasteiger partial charge in [-0.15, -0.1) is 11.8 Å². The summed E-state index contributed by atoms with van der Waals surface area (Å²) in [6, 6.07) is 18.5. The molecule has 1 atom stereocenters. The van der Waals surface area contributed by atoms with Crippen LogP contribution in [0.4, 0.5) is 0 Å². The molecule has 0 unspecified atom stereocenters. The lowest BCUT2D eigenvalue weighted by Gasteiger charge is -2.28. The highest BCUT2D eigenvalue weighted by molar-refractivity contribution is 8.00. The van der Waals surface area contributed by atoms with E-state index in [1.54, 1.807) is 18.0 Å². The van der Waals surface area contributed by atoms with Gasteiger partial charge in [-0.2, -0.15) is 0 Å². The van der Waals surface area contributed by atoms with Gasteiger partial charge in [-0.05, 0) is 48.1 Å². The quantitative estimate of drug-likeness (QED) is 0.544. The highest BCUT2D eigenvalue weighted by Crippen LogP contribution is 2.24. The first-order valence-electron chi connectivity index (χ1n) is 9.37. The monoisotopic (exact) mass is 382 g/mol. The van der Waals surface area contributed by atoms with E-state index in [-0.39, 0.29) is 11.9 Å². The first-order valence-corrected chi connectivity index (χ1v) is 10.4. The first-order chi connectivity index (χ1) is 13.2. The van der Waals surface area contributed by atoms with Gasteiger partial charge >= 0.3 is 0 Å². The van der Waals surface area contributed by atoms with E-state index in [0.717, 1.165) is 23.7 Å². The maximum atomic E-state index is 12.4. The standard InChI is InChI=1S/C22H26N2O2S/c1-3-24(4-2)20(21-10-7-13-26-21)15-23-22(25)16-27-19-12-11-17-8-5-6-9-18(17)14-19/h5-14,20H,3-4,15-16H2,1-2H3,(H,23,25)/t20-/m1/s1. The molecule has 0 saturated heterocycles. The highest BCUT2D eigenvalue weighted by atomic mass is 32.2. The van der Waals surface area contributed by atoms with E-state index in [4.69, 9.17) is 4.42 Å². The third-order valence-corrected chi connectivity index (χ3v) is 5.70. The third-order valence-electron chi connectivity index (χ3n) is 4.71. The normalized spacial score (nSPS) is 12.4. The summed E-state index contributed by atoms with van der Waals surface area (Å²) >= 11 is 1.56. The van der Waals surface area contributed by atoms with Crippen LogP contribution in [0.25, 0.3) is 10.8 Å². The van der Waals surface area contributed by atoms with Crippen LogP contribution in [0.1, 0.15) is 25.6 Å². The van der Waals surface area contributed by atoms with Crippen molar-refractivity contribution in [3.8, 4) is 0 Å². The molecule has 0 aliphatic rings. The number of likely N-dealkylation sites (N-methyl/N-ethyl adjacent to an activating group) is 1. The fourth-order valence-electron chi connectivity index (χ4n) is 3.22. The Morgan fingerprint density at radius 2 is 1.85 bits per heavy atom. The van der Waals surface area contributed by atoms with E-state index in [1.165, 1.54) is 10.8 Å². The number of furan rings is 1. The molecule has 3 rings (SSSR count). The van der Waals surface area contributed by atoms with Crippen molar-refractivity contribution in [3.63, 3.8) is 0 Å². The zero-order chi connectivity index (χ0) is 19.1. The van der Waals surface area contributed by atoms with Gasteiger partial charge in [0, 0.05) is 11.4 Å². The molecule has 27 heavy (non-hydrogen) atoms. The zero-order valence-electron chi connectivity index (χ0n) is 15.9. The van der Waals surface area contributed by atoms with E-state index >= 15 is 0 Å². The molecule has 0 spiro atoms. The number of rotatable bonds is 9. The molecular weight excluding hydrogens is 356 g/mol. The largest absolute Gasteiger partial charge is 0.468 e. The predicted molar refractivity (Wildman–Crippen MR) is 112 cm³/mol. The Labute approximate surface area is 164 Å². The van der Waals surface area contributed by atoms with Crippen molar-refractivity contribution in [1.29, 1.82) is 0 Å². The number of carbonyl (C=O) groups is 1. The minimum absolute atomic E-state index is 0.0388. The number of benzene rings is 2. The Kier molecular flexibility index (Phi) is 6.96. The molecule has 0 aliphatic heterocycles. The van der Waals surface area contributed by atoms with Gasteiger partial charge in [0.15, 0.2) is 0 Å². The summed E-state index contributed by atoms with van der Waals surface area (Å²) in [6.07, 6.45) is 1.68. The van der Waals surface area contributed by atoms with Gasteiger partial charge in [0.05, 0.1) is 18.1 Å². The second kappa shape index (κ2) is 9.62. The van der Waals surface area contributed by atoms with Gasteiger partial charge in [0.25, 0.3) is 0 Å². The number of hydrogen-bond donors (Lipinski definition) is 1. The van der Waals surface area contributed by atoms with E-state index in [2.05, 4.69) is 54.4 Å². The SMILES string of the molecule is CCN(CC)[C@H](CNC(=O)CSc1ccc2ccccc2c1)c1ccco1. The number of thioether (sulfide) groups is 1. The van der Waals surface area contributed by atoms with E-state index in [0.29, 0.717) is 12.3 Å². The number of nitrogens with one attached hydrogen (secondary N) is 1. The van der Waals surface area contributed by atoms with Gasteiger partial charge < -0.3 is 9.73 Å². The Hall–Kier alpha value is -2.24. The van der Waals surface area contributed by atoms with E-state index in [1.807, 2.05) is 24.3 Å². The molecule has 5 heteroatoms. The van der Waals surface area contributed by atoms with Gasteiger partial charge in [-0.1, -0.05) is 44.2 Å². The number of fused-ring (bicyclic) bond motifs is 1. The lowest BCUT2D eigenvalue weighted by molar-refractivity contribution is -0.118. The molecule has 1 N–H and O–H groups in total. The van der Waals surface area contributed by atoms with Gasteiger partial charge in [-0.25, -0.2) is 0 Å². The smallest absolute Gasteiger partial charge is 0.230 e. The number of hydrogen-bond acceptors (Lipinski definition) is 4. The van der Waals surface area contributed by atoms with Crippen LogP contribution in [0, 0.1) is 0 Å². The molecule has 1 amide bonds. The van der Waals surface area contributed by atoms with Gasteiger partial charge in [0.1, 0.15) is 5.76 Å². The number of amides is 1. The van der Waals surface area contributed by atoms with Crippen molar-refractivity contribution in [1.82, 2.24) is 10.2 Å². The Balaban J connectivity index is 1.55. The molecular formula is C22H26N2O2S. The van der Waals surface area contributed by atoms with Crippen LogP contribution in [0.3, 0.4) is 0 Å². The average Bonchev–Trinajstić information content (AvgIpc) is 3.24. The number of nitrogens with zero attached hydrogens (tertiary/aromatic N) is 1. The van der Waals surface area contributed by atoms with Crippen molar-refractivity contribution in [2.45, 2.75) is 24.8 Å². The summed E-state index contributed by atoms with van der Waals surface area (Å²) in [4.78, 5) is 15.8. The molecule has 0 saturated carbocycles. The molecule has 1 heterocycles. The molecule has 142 valence electrons. The van der Waals surface area contributed by atoms with Crippen molar-refractivity contribution in [2.24, 2.45) is 0 Å². The second-order valence-corrected chi connectivity index (χ2v) is 7.40. The van der Waals surface area contributed by atoms with Gasteiger partial charge in [0.2, 0.25) is 5.91 Å². The molecule has 0 aliphatic carbocycles. The summed E-state index contributed by atoms with van der Waals surface area (Å²) in [7, 11) is 0. The highest BCUT2D eigenvalue weighted by Gasteiger charge is 2.21. The summed E-state index contributed by atoms with van der Waals surface area (Å²) in [5, 5.41) is 5.48. The predicted octanol–water partition coefficient (Wildman–Crippen LogP) is 4.72. The molecule has 0 radical (unpaired) electrons. The third kappa shape index (κ3) is 5.15. The van der Waals surface area contributed by atoms with Crippen LogP contribution in [-0.2, 0) is 4.79 Å². The molecule has 1 aromatic heterocycles. The average molecular weight is 383 g/mol. The molecule has 0 bridgehead atoms. The van der Waals surface area contributed by atoms with Crippen molar-refractivity contribution >= 4 is 28.4 Å². The summed E-state index contributed by atoms with van der Waals surface area (Å²) in [6.45, 7) is 6.60. The topological polar surface area (TPSA) is 45.5 Å². The van der Waals surface area contributed by atoms with Crippen LogP contribution in [0.2, 0.25) is 0 Å². The Morgan fingerprint density at radius 3 is 2.56 bits per heavy atom. The fraction of sp³-hybridized carbons (Fsp3) is 0.318. The fourth-order valence-corrected chi connectivity index (χ4v) is 4.00. The van der Waals surface area contributed by atoms with Crippen LogP contribution in [0.15, 0.2) is 70.2 Å². The lowest BCUT2D eigenvalue weighted by atomic mass is 10.1. The lowest BCUT2D eigenvalue weighted by Crippen LogP contribution is -2.38. The molecule has 2 aromatic carbocycles. The summed E-state index contributed by atoms with van der Waals surface area (Å²) in [5.41, 5.74) is 0. The van der Waals surface area contributed by atoms with Crippen LogP contribution in [0.5, 0.6) is 0 Å². The maximum absolute atomic E-state index is 12.4. The maximum Gasteiger partial charge on any atom is 0.230 e. The summed E-state index contributed by atoms with van der Waals surface area (Å²) < 4.78 is 5.58. The molecule has 0 fully saturated rings. The number of carbonyl (C=O) groups excluding carboxylic acids is 1. The molecule has 4 nitrogen and oxygen atoms in total. The first kappa shape index (κ1) is 19.5. The zero-order valence-corrected chi connectivity index (χ0v) is 16.7. The van der Waals surface area contributed by atoms with Crippen molar-refractivity contribution in [2.75, 3.05) is 25.4 Å². The van der Waals surface area contributed by atoms with Crippen molar-refractivity contribution < 1.29 is 9.21 Å². The van der Waals surface area contributed by atoms with E-state index < -0.39 is 0 Å². The van der Waals surface area contributed by atoms with Crippen molar-refractivity contribution in [3.05, 3.63) is 66.6 Å². The van der Waals surface area contributed by atoms with Crippen LogP contribution < -0.4 is 5.32 Å².